The first-order chi connectivity index (χ1) is 4.45. The van der Waals surface area contributed by atoms with E-state index in [0.717, 1.165) is 0 Å². The summed E-state index contributed by atoms with van der Waals surface area (Å²) in [4.78, 5) is 0. The Kier molecular flexibility index (Phi) is 3.83. The number of alkyl halides is 1. The third-order valence-electron chi connectivity index (χ3n) is 0.841. The third kappa shape index (κ3) is 5.98. The Labute approximate surface area is 61.0 Å². The van der Waals surface area contributed by atoms with Crippen molar-refractivity contribution in [2.24, 2.45) is 5.41 Å². The van der Waals surface area contributed by atoms with Crippen molar-refractivity contribution >= 4 is 0 Å². The standard InChI is InChI=1S/C7H15FO2/c1-7(2,3)5-10-6(8)4-9/h6,9H,4-5H2,1-3H3. The minimum absolute atomic E-state index is 0.0422. The summed E-state index contributed by atoms with van der Waals surface area (Å²) < 4.78 is 16.8. The van der Waals surface area contributed by atoms with Crippen molar-refractivity contribution in [3.63, 3.8) is 0 Å². The molecule has 0 spiro atoms. The molecule has 0 heterocycles. The highest BCUT2D eigenvalue weighted by Crippen LogP contribution is 2.13. The van der Waals surface area contributed by atoms with Crippen LogP contribution in [0.3, 0.4) is 0 Å². The van der Waals surface area contributed by atoms with Crippen LogP contribution in [0.2, 0.25) is 0 Å². The molecule has 1 N–H and O–H groups in total. The fourth-order valence-electron chi connectivity index (χ4n) is 0.393. The molecular formula is C7H15FO2. The number of ether oxygens (including phenoxy) is 1. The molecule has 0 saturated carbocycles. The normalized spacial score (nSPS) is 15.3. The minimum atomic E-state index is -1.53. The van der Waals surface area contributed by atoms with Crippen LogP contribution in [0.5, 0.6) is 0 Å². The van der Waals surface area contributed by atoms with Crippen molar-refractivity contribution in [1.82, 2.24) is 0 Å². The molecule has 62 valence electrons. The van der Waals surface area contributed by atoms with E-state index in [-0.39, 0.29) is 5.41 Å². The van der Waals surface area contributed by atoms with E-state index in [1.54, 1.807) is 0 Å². The van der Waals surface area contributed by atoms with Gasteiger partial charge in [-0.25, -0.2) is 4.39 Å². The van der Waals surface area contributed by atoms with E-state index in [9.17, 15) is 4.39 Å². The van der Waals surface area contributed by atoms with Crippen LogP contribution in [0, 0.1) is 5.41 Å². The first-order valence-electron chi connectivity index (χ1n) is 3.32. The molecule has 0 aliphatic rings. The summed E-state index contributed by atoms with van der Waals surface area (Å²) in [6, 6.07) is 0. The van der Waals surface area contributed by atoms with E-state index < -0.39 is 13.0 Å². The molecule has 2 nitrogen and oxygen atoms in total. The van der Waals surface area contributed by atoms with Gasteiger partial charge in [-0.05, 0) is 5.41 Å². The summed E-state index contributed by atoms with van der Waals surface area (Å²) in [5.41, 5.74) is -0.0422. The van der Waals surface area contributed by atoms with Crippen LogP contribution in [0.15, 0.2) is 0 Å². The molecule has 0 radical (unpaired) electrons. The van der Waals surface area contributed by atoms with E-state index in [1.807, 2.05) is 20.8 Å². The van der Waals surface area contributed by atoms with Gasteiger partial charge in [-0.1, -0.05) is 20.8 Å². The van der Waals surface area contributed by atoms with Crippen molar-refractivity contribution < 1.29 is 14.2 Å². The van der Waals surface area contributed by atoms with Gasteiger partial charge in [-0.3, -0.25) is 0 Å². The molecule has 0 aliphatic heterocycles. The summed E-state index contributed by atoms with van der Waals surface area (Å²) in [6.07, 6.45) is -1.53. The molecule has 0 saturated heterocycles. The Balaban J connectivity index is 3.36. The largest absolute Gasteiger partial charge is 0.391 e. The van der Waals surface area contributed by atoms with E-state index in [1.165, 1.54) is 0 Å². The number of hydrogen-bond acceptors (Lipinski definition) is 2. The second-order valence-corrected chi connectivity index (χ2v) is 3.46. The van der Waals surface area contributed by atoms with Crippen molar-refractivity contribution in [1.29, 1.82) is 0 Å². The zero-order valence-electron chi connectivity index (χ0n) is 6.72. The van der Waals surface area contributed by atoms with Gasteiger partial charge in [-0.15, -0.1) is 0 Å². The van der Waals surface area contributed by atoms with Gasteiger partial charge in [-0.2, -0.15) is 0 Å². The van der Waals surface area contributed by atoms with Crippen LogP contribution in [0.4, 0.5) is 4.39 Å². The topological polar surface area (TPSA) is 29.5 Å². The Morgan fingerprint density at radius 3 is 2.30 bits per heavy atom. The number of hydrogen-bond donors (Lipinski definition) is 1. The van der Waals surface area contributed by atoms with Gasteiger partial charge in [0.05, 0.1) is 13.2 Å². The van der Waals surface area contributed by atoms with E-state index in [4.69, 9.17) is 5.11 Å². The Hall–Kier alpha value is -0.150. The number of rotatable bonds is 3. The van der Waals surface area contributed by atoms with Crippen LogP contribution in [0.25, 0.3) is 0 Å². The average Bonchev–Trinajstić information content (AvgIpc) is 1.81. The highest BCUT2D eigenvalue weighted by Gasteiger charge is 2.13. The lowest BCUT2D eigenvalue weighted by atomic mass is 9.99. The van der Waals surface area contributed by atoms with Crippen LogP contribution in [-0.2, 0) is 4.74 Å². The minimum Gasteiger partial charge on any atom is -0.391 e. The summed E-state index contributed by atoms with van der Waals surface area (Å²) in [6.45, 7) is 5.59. The summed E-state index contributed by atoms with van der Waals surface area (Å²) in [5, 5.41) is 8.23. The zero-order chi connectivity index (χ0) is 8.20. The number of aliphatic hydroxyl groups is 1. The zero-order valence-corrected chi connectivity index (χ0v) is 6.72. The smallest absolute Gasteiger partial charge is 0.222 e. The van der Waals surface area contributed by atoms with Crippen molar-refractivity contribution in [3.05, 3.63) is 0 Å². The first-order valence-corrected chi connectivity index (χ1v) is 3.32. The molecule has 0 amide bonds. The second-order valence-electron chi connectivity index (χ2n) is 3.46. The number of aliphatic hydroxyl groups excluding tert-OH is 1. The lowest BCUT2D eigenvalue weighted by Crippen LogP contribution is -2.20. The summed E-state index contributed by atoms with van der Waals surface area (Å²) in [7, 11) is 0. The Morgan fingerprint density at radius 1 is 1.50 bits per heavy atom. The van der Waals surface area contributed by atoms with Crippen LogP contribution >= 0.6 is 0 Å². The van der Waals surface area contributed by atoms with Gasteiger partial charge in [0.2, 0.25) is 6.36 Å². The maximum Gasteiger partial charge on any atom is 0.222 e. The lowest BCUT2D eigenvalue weighted by Gasteiger charge is -2.18. The molecule has 0 bridgehead atoms. The van der Waals surface area contributed by atoms with Gasteiger partial charge in [0.1, 0.15) is 0 Å². The molecular weight excluding hydrogens is 135 g/mol. The predicted octanol–water partition coefficient (Wildman–Crippen LogP) is 1.34. The third-order valence-corrected chi connectivity index (χ3v) is 0.841. The summed E-state index contributed by atoms with van der Waals surface area (Å²) >= 11 is 0. The van der Waals surface area contributed by atoms with Gasteiger partial charge >= 0.3 is 0 Å². The van der Waals surface area contributed by atoms with E-state index in [0.29, 0.717) is 6.61 Å². The van der Waals surface area contributed by atoms with Gasteiger partial charge < -0.3 is 9.84 Å². The highest BCUT2D eigenvalue weighted by molar-refractivity contribution is 4.59. The molecule has 3 heteroatoms. The van der Waals surface area contributed by atoms with Gasteiger partial charge in [0.15, 0.2) is 0 Å². The van der Waals surface area contributed by atoms with Gasteiger partial charge in [0, 0.05) is 0 Å². The van der Waals surface area contributed by atoms with Crippen LogP contribution in [-0.4, -0.2) is 24.7 Å². The molecule has 10 heavy (non-hydrogen) atoms. The van der Waals surface area contributed by atoms with Gasteiger partial charge in [0.25, 0.3) is 0 Å². The maximum atomic E-state index is 12.2. The highest BCUT2D eigenvalue weighted by atomic mass is 19.1. The molecule has 0 aromatic carbocycles. The SMILES string of the molecule is CC(C)(C)COC(F)CO. The van der Waals surface area contributed by atoms with E-state index >= 15 is 0 Å². The Morgan fingerprint density at radius 2 is 2.00 bits per heavy atom. The fraction of sp³-hybridized carbons (Fsp3) is 1.00. The summed E-state index contributed by atoms with van der Waals surface area (Å²) in [5.74, 6) is 0. The van der Waals surface area contributed by atoms with Crippen molar-refractivity contribution in [2.75, 3.05) is 13.2 Å². The van der Waals surface area contributed by atoms with Crippen LogP contribution < -0.4 is 0 Å². The van der Waals surface area contributed by atoms with Crippen LogP contribution in [0.1, 0.15) is 20.8 Å². The average molecular weight is 150 g/mol. The van der Waals surface area contributed by atoms with Crippen molar-refractivity contribution in [2.45, 2.75) is 27.1 Å². The van der Waals surface area contributed by atoms with E-state index in [2.05, 4.69) is 4.74 Å². The molecule has 0 aromatic heterocycles. The fourth-order valence-corrected chi connectivity index (χ4v) is 0.393. The monoisotopic (exact) mass is 150 g/mol. The molecule has 1 unspecified atom stereocenters. The number of halogens is 1. The second kappa shape index (κ2) is 3.88. The lowest BCUT2D eigenvalue weighted by molar-refractivity contribution is -0.0914. The molecule has 0 aliphatic carbocycles. The Bertz CT molecular complexity index is 88.1. The maximum absolute atomic E-state index is 12.2. The predicted molar refractivity (Wildman–Crippen MR) is 37.4 cm³/mol. The molecule has 0 aromatic rings. The molecule has 0 rings (SSSR count). The molecule has 1 atom stereocenters. The first kappa shape index (κ1) is 9.85. The molecule has 0 fully saturated rings. The van der Waals surface area contributed by atoms with Crippen molar-refractivity contribution in [3.8, 4) is 0 Å². The quantitative estimate of drug-likeness (QED) is 0.657.